The lowest BCUT2D eigenvalue weighted by atomic mass is 10.3. The molecule has 0 aromatic heterocycles. The Morgan fingerprint density at radius 3 is 2.50 bits per heavy atom. The van der Waals surface area contributed by atoms with Crippen molar-refractivity contribution in [2.24, 2.45) is 0 Å². The third kappa shape index (κ3) is 8.55. The van der Waals surface area contributed by atoms with E-state index in [1.165, 1.54) is 0 Å². The molecular weight excluding hydrogens is 190 g/mol. The van der Waals surface area contributed by atoms with Gasteiger partial charge in [-0.15, -0.1) is 0 Å². The Morgan fingerprint density at radius 2 is 2.10 bits per heavy atom. The smallest absolute Gasteiger partial charge is 0.253 e. The van der Waals surface area contributed by atoms with Gasteiger partial charge in [-0.3, -0.25) is 4.57 Å². The third-order valence-electron chi connectivity index (χ3n) is 1.02. The Morgan fingerprint density at radius 1 is 1.50 bits per heavy atom. The molecule has 0 bridgehead atoms. The van der Waals surface area contributed by atoms with Crippen LogP contribution in [0.2, 0.25) is 0 Å². The third-order valence-corrected chi connectivity index (χ3v) is 2.88. The van der Waals surface area contributed by atoms with Crippen molar-refractivity contribution >= 4 is 28.3 Å². The monoisotopic (exact) mass is 200 g/mol. The van der Waals surface area contributed by atoms with Crippen LogP contribution in [0, 0.1) is 0 Å². The largest absolute Gasteiger partial charge is 0.289 e. The zero-order valence-electron chi connectivity index (χ0n) is 5.89. The average Bonchev–Trinajstić information content (AvgIpc) is 1.78. The molecule has 60 valence electrons. The van der Waals surface area contributed by atoms with Crippen molar-refractivity contribution in [2.75, 3.05) is 6.16 Å². The molecule has 10 heavy (non-hydrogen) atoms. The van der Waals surface area contributed by atoms with Crippen LogP contribution in [0.5, 0.6) is 0 Å². The van der Waals surface area contributed by atoms with Gasteiger partial charge in [0.25, 0.3) is 5.85 Å². The Labute approximate surface area is 71.4 Å². The summed E-state index contributed by atoms with van der Waals surface area (Å²) in [7, 11) is 0. The lowest BCUT2D eigenvalue weighted by Gasteiger charge is -1.97. The molecule has 4 heteroatoms. The predicted octanol–water partition coefficient (Wildman–Crippen LogP) is 4.01. The molecule has 0 aliphatic heterocycles. The molecule has 0 N–H and O–H groups in total. The van der Waals surface area contributed by atoms with Gasteiger partial charge in [0, 0.05) is 6.16 Å². The molecule has 0 saturated carbocycles. The maximum atomic E-state index is 10.7. The van der Waals surface area contributed by atoms with E-state index in [-0.39, 0.29) is 0 Å². The summed E-state index contributed by atoms with van der Waals surface area (Å²) >= 11 is 10.6. The van der Waals surface area contributed by atoms with E-state index >= 15 is 0 Å². The van der Waals surface area contributed by atoms with Gasteiger partial charge in [-0.1, -0.05) is 12.2 Å². The Bertz CT molecular complexity index is 150. The van der Waals surface area contributed by atoms with Crippen LogP contribution in [-0.4, -0.2) is 6.16 Å². The highest BCUT2D eigenvalue weighted by Gasteiger charge is 2.11. The molecule has 0 rings (SSSR count). The highest BCUT2D eigenvalue weighted by molar-refractivity contribution is 8.08. The van der Waals surface area contributed by atoms with Crippen molar-refractivity contribution in [3.8, 4) is 0 Å². The molecule has 0 aliphatic carbocycles. The van der Waals surface area contributed by atoms with Crippen LogP contribution in [0.3, 0.4) is 0 Å². The molecule has 0 radical (unpaired) electrons. The molecule has 0 aromatic rings. The van der Waals surface area contributed by atoms with Crippen LogP contribution < -0.4 is 0 Å². The molecule has 1 nitrogen and oxygen atoms in total. The molecule has 0 aromatic carbocycles. The van der Waals surface area contributed by atoms with Crippen molar-refractivity contribution in [2.45, 2.75) is 19.8 Å². The maximum Gasteiger partial charge on any atom is 0.253 e. The lowest BCUT2D eigenvalue weighted by Crippen LogP contribution is -1.76. The van der Waals surface area contributed by atoms with E-state index in [4.69, 9.17) is 22.5 Å². The molecule has 0 saturated heterocycles. The normalized spacial score (nSPS) is 12.7. The minimum absolute atomic E-state index is 0.417. The number of hydrogen-bond acceptors (Lipinski definition) is 1. The SMILES string of the molecule is CC=CCCCP(=O)(Cl)Cl. The Balaban J connectivity index is 3.29. The zero-order valence-corrected chi connectivity index (χ0v) is 8.29. The Hall–Kier alpha value is 0.550. The molecule has 0 heterocycles. The standard InChI is InChI=1S/C6H11Cl2OP/c1-2-3-4-5-6-10(7,8)9/h2-3H,4-6H2,1H3. The summed E-state index contributed by atoms with van der Waals surface area (Å²) in [6.45, 7) is 1.95. The molecule has 0 fully saturated rings. The fraction of sp³-hybridized carbons (Fsp3) is 0.667. The first kappa shape index (κ1) is 10.6. The van der Waals surface area contributed by atoms with E-state index in [2.05, 4.69) is 0 Å². The van der Waals surface area contributed by atoms with Gasteiger partial charge in [-0.2, -0.15) is 0 Å². The fourth-order valence-corrected chi connectivity index (χ4v) is 1.83. The van der Waals surface area contributed by atoms with Crippen LogP contribution in [-0.2, 0) is 4.57 Å². The number of unbranched alkanes of at least 4 members (excludes halogenated alkanes) is 1. The second-order valence-electron chi connectivity index (χ2n) is 2.00. The van der Waals surface area contributed by atoms with Gasteiger partial charge in [0.05, 0.1) is 0 Å². The van der Waals surface area contributed by atoms with Crippen LogP contribution in [0.1, 0.15) is 19.8 Å². The van der Waals surface area contributed by atoms with E-state index in [1.54, 1.807) is 0 Å². The van der Waals surface area contributed by atoms with Gasteiger partial charge >= 0.3 is 0 Å². The fourth-order valence-electron chi connectivity index (χ4n) is 0.560. The van der Waals surface area contributed by atoms with Gasteiger partial charge in [-0.05, 0) is 42.2 Å². The second-order valence-corrected chi connectivity index (χ2v) is 7.39. The van der Waals surface area contributed by atoms with Crippen molar-refractivity contribution < 1.29 is 4.57 Å². The predicted molar refractivity (Wildman–Crippen MR) is 48.2 cm³/mol. The minimum atomic E-state index is -2.80. The lowest BCUT2D eigenvalue weighted by molar-refractivity contribution is 0.591. The number of hydrogen-bond donors (Lipinski definition) is 0. The zero-order chi connectivity index (χ0) is 8.04. The van der Waals surface area contributed by atoms with Gasteiger partial charge in [-0.25, -0.2) is 0 Å². The van der Waals surface area contributed by atoms with E-state index in [9.17, 15) is 4.57 Å². The van der Waals surface area contributed by atoms with Crippen LogP contribution >= 0.6 is 28.3 Å². The van der Waals surface area contributed by atoms with Crippen LogP contribution in [0.4, 0.5) is 0 Å². The van der Waals surface area contributed by atoms with Gasteiger partial charge in [0.1, 0.15) is 0 Å². The van der Waals surface area contributed by atoms with Crippen molar-refractivity contribution in [1.82, 2.24) is 0 Å². The molecule has 0 atom stereocenters. The first-order chi connectivity index (χ1) is 4.56. The first-order valence-electron chi connectivity index (χ1n) is 3.16. The summed E-state index contributed by atoms with van der Waals surface area (Å²) < 4.78 is 10.7. The summed E-state index contributed by atoms with van der Waals surface area (Å²) in [5.41, 5.74) is 0. The molecule has 0 spiro atoms. The topological polar surface area (TPSA) is 17.1 Å². The van der Waals surface area contributed by atoms with E-state index < -0.39 is 5.85 Å². The van der Waals surface area contributed by atoms with E-state index in [0.29, 0.717) is 6.16 Å². The molecule has 0 aliphatic rings. The minimum Gasteiger partial charge on any atom is -0.289 e. The summed E-state index contributed by atoms with van der Waals surface area (Å²) in [4.78, 5) is 0. The first-order valence-corrected chi connectivity index (χ1v) is 6.86. The number of halogens is 2. The summed E-state index contributed by atoms with van der Waals surface area (Å²) in [5, 5.41) is 0. The van der Waals surface area contributed by atoms with Crippen LogP contribution in [0.15, 0.2) is 12.2 Å². The van der Waals surface area contributed by atoms with E-state index in [0.717, 1.165) is 12.8 Å². The number of allylic oxidation sites excluding steroid dienone is 2. The van der Waals surface area contributed by atoms with Crippen molar-refractivity contribution in [3.05, 3.63) is 12.2 Å². The summed E-state index contributed by atoms with van der Waals surface area (Å²) in [5.74, 6) is -2.80. The highest BCUT2D eigenvalue weighted by atomic mass is 35.9. The van der Waals surface area contributed by atoms with E-state index in [1.807, 2.05) is 19.1 Å². The summed E-state index contributed by atoms with van der Waals surface area (Å²) in [6.07, 6.45) is 6.08. The molecular formula is C6H11Cl2OP. The highest BCUT2D eigenvalue weighted by Crippen LogP contribution is 2.56. The quantitative estimate of drug-likeness (QED) is 0.381. The Kier molecular flexibility index (Phi) is 5.52. The van der Waals surface area contributed by atoms with Gasteiger partial charge in [0.15, 0.2) is 0 Å². The van der Waals surface area contributed by atoms with Crippen molar-refractivity contribution in [3.63, 3.8) is 0 Å². The summed E-state index contributed by atoms with van der Waals surface area (Å²) in [6, 6.07) is 0. The molecule has 0 amide bonds. The number of rotatable bonds is 4. The maximum absolute atomic E-state index is 10.7. The van der Waals surface area contributed by atoms with Gasteiger partial charge in [0.2, 0.25) is 0 Å². The van der Waals surface area contributed by atoms with Crippen LogP contribution in [0.25, 0.3) is 0 Å². The molecule has 0 unspecified atom stereocenters. The van der Waals surface area contributed by atoms with Gasteiger partial charge < -0.3 is 0 Å². The average molecular weight is 201 g/mol. The second kappa shape index (κ2) is 5.23. The van der Waals surface area contributed by atoms with Crippen molar-refractivity contribution in [1.29, 1.82) is 0 Å².